The lowest BCUT2D eigenvalue weighted by molar-refractivity contribution is 0.796. The van der Waals surface area contributed by atoms with E-state index in [1.54, 1.807) is 0 Å². The quantitative estimate of drug-likeness (QED) is 0.765. The van der Waals surface area contributed by atoms with E-state index in [0.717, 1.165) is 10.4 Å². The Bertz CT molecular complexity index is 316. The molecule has 1 nitrogen and oxygen atoms in total. The van der Waals surface area contributed by atoms with Crippen LogP contribution in [-0.4, -0.2) is 4.98 Å². The lowest BCUT2D eigenvalue weighted by Gasteiger charge is -2.10. The Labute approximate surface area is 87.7 Å². The average molecular weight is 240 g/mol. The Kier molecular flexibility index (Phi) is 2.41. The molecule has 0 atom stereocenters. The Balaban J connectivity index is 2.42. The van der Waals surface area contributed by atoms with Crippen LogP contribution in [0.5, 0.6) is 0 Å². The van der Waals surface area contributed by atoms with Crippen LogP contribution in [0.1, 0.15) is 49.8 Å². The molecule has 1 saturated carbocycles. The highest BCUT2D eigenvalue weighted by Crippen LogP contribution is 2.43. The van der Waals surface area contributed by atoms with Gasteiger partial charge in [-0.25, -0.2) is 0 Å². The van der Waals surface area contributed by atoms with Crippen LogP contribution >= 0.6 is 15.9 Å². The summed E-state index contributed by atoms with van der Waals surface area (Å²) in [5.74, 6) is 1.34. The van der Waals surface area contributed by atoms with Crippen LogP contribution in [0.4, 0.5) is 0 Å². The van der Waals surface area contributed by atoms with E-state index >= 15 is 0 Å². The molecule has 1 aliphatic rings. The molecule has 0 aliphatic heterocycles. The molecule has 2 heteroatoms. The topological polar surface area (TPSA) is 12.9 Å². The largest absolute Gasteiger partial charge is 0.260 e. The second-order valence-electron chi connectivity index (χ2n) is 4.06. The van der Waals surface area contributed by atoms with E-state index in [1.165, 1.54) is 24.1 Å². The van der Waals surface area contributed by atoms with Gasteiger partial charge in [-0.3, -0.25) is 4.98 Å². The van der Waals surface area contributed by atoms with E-state index in [2.05, 4.69) is 40.8 Å². The van der Waals surface area contributed by atoms with E-state index in [4.69, 9.17) is 0 Å². The van der Waals surface area contributed by atoms with Gasteiger partial charge in [-0.1, -0.05) is 13.8 Å². The number of pyridine rings is 1. The van der Waals surface area contributed by atoms with Crippen molar-refractivity contribution in [3.63, 3.8) is 0 Å². The van der Waals surface area contributed by atoms with Gasteiger partial charge in [0.15, 0.2) is 0 Å². The standard InChI is InChI=1S/C11H14BrN/c1-7(2)11-10(8-3-4-8)5-9(12)6-13-11/h5-8H,3-4H2,1-2H3. The first kappa shape index (κ1) is 9.20. The van der Waals surface area contributed by atoms with Gasteiger partial charge >= 0.3 is 0 Å². The van der Waals surface area contributed by atoms with Crippen molar-refractivity contribution in [3.8, 4) is 0 Å². The van der Waals surface area contributed by atoms with Crippen LogP contribution in [0.25, 0.3) is 0 Å². The molecule has 0 spiro atoms. The zero-order valence-electron chi connectivity index (χ0n) is 8.05. The molecule has 0 bridgehead atoms. The molecule has 70 valence electrons. The third-order valence-corrected chi connectivity index (χ3v) is 2.91. The molecule has 0 radical (unpaired) electrons. The molecule has 1 fully saturated rings. The van der Waals surface area contributed by atoms with Crippen molar-refractivity contribution in [2.45, 2.75) is 38.5 Å². The van der Waals surface area contributed by atoms with Crippen molar-refractivity contribution in [2.24, 2.45) is 0 Å². The van der Waals surface area contributed by atoms with E-state index < -0.39 is 0 Å². The number of hydrogen-bond acceptors (Lipinski definition) is 1. The van der Waals surface area contributed by atoms with Crippen LogP contribution in [-0.2, 0) is 0 Å². The van der Waals surface area contributed by atoms with Crippen LogP contribution < -0.4 is 0 Å². The first-order chi connectivity index (χ1) is 6.18. The highest BCUT2D eigenvalue weighted by atomic mass is 79.9. The van der Waals surface area contributed by atoms with Crippen molar-refractivity contribution < 1.29 is 0 Å². The molecule has 1 aromatic rings. The van der Waals surface area contributed by atoms with Gasteiger partial charge in [-0.05, 0) is 52.2 Å². The number of rotatable bonds is 2. The molecule has 2 rings (SSSR count). The van der Waals surface area contributed by atoms with Crippen LogP contribution in [0.3, 0.4) is 0 Å². The highest BCUT2D eigenvalue weighted by Gasteiger charge is 2.27. The predicted molar refractivity (Wildman–Crippen MR) is 58.0 cm³/mol. The lowest BCUT2D eigenvalue weighted by atomic mass is 10.0. The third kappa shape index (κ3) is 1.93. The van der Waals surface area contributed by atoms with Crippen LogP contribution in [0.15, 0.2) is 16.7 Å². The molecule has 0 saturated heterocycles. The Morgan fingerprint density at radius 3 is 2.69 bits per heavy atom. The number of nitrogens with zero attached hydrogens (tertiary/aromatic N) is 1. The Hall–Kier alpha value is -0.370. The monoisotopic (exact) mass is 239 g/mol. The van der Waals surface area contributed by atoms with Crippen molar-refractivity contribution in [2.75, 3.05) is 0 Å². The molecule has 13 heavy (non-hydrogen) atoms. The SMILES string of the molecule is CC(C)c1ncc(Br)cc1C1CC1. The van der Waals surface area contributed by atoms with Crippen LogP contribution in [0.2, 0.25) is 0 Å². The molecule has 1 aromatic heterocycles. The molecule has 0 aromatic carbocycles. The summed E-state index contributed by atoms with van der Waals surface area (Å²) in [4.78, 5) is 4.49. The van der Waals surface area contributed by atoms with Crippen molar-refractivity contribution in [1.29, 1.82) is 0 Å². The Morgan fingerprint density at radius 2 is 2.15 bits per heavy atom. The van der Waals surface area contributed by atoms with Gasteiger partial charge in [0.2, 0.25) is 0 Å². The fourth-order valence-electron chi connectivity index (χ4n) is 1.67. The van der Waals surface area contributed by atoms with E-state index in [9.17, 15) is 0 Å². The number of aromatic nitrogens is 1. The van der Waals surface area contributed by atoms with Gasteiger partial charge in [0.25, 0.3) is 0 Å². The van der Waals surface area contributed by atoms with Gasteiger partial charge in [0.05, 0.1) is 0 Å². The smallest absolute Gasteiger partial charge is 0.0464 e. The molecule has 0 unspecified atom stereocenters. The van der Waals surface area contributed by atoms with Gasteiger partial charge in [-0.2, -0.15) is 0 Å². The maximum absolute atomic E-state index is 4.49. The average Bonchev–Trinajstić information content (AvgIpc) is 2.85. The normalized spacial score (nSPS) is 16.6. The molecular weight excluding hydrogens is 226 g/mol. The minimum Gasteiger partial charge on any atom is -0.260 e. The predicted octanol–water partition coefficient (Wildman–Crippen LogP) is 3.84. The van der Waals surface area contributed by atoms with Gasteiger partial charge in [0.1, 0.15) is 0 Å². The first-order valence-corrected chi connectivity index (χ1v) is 5.63. The summed E-state index contributed by atoms with van der Waals surface area (Å²) in [5, 5.41) is 0. The van der Waals surface area contributed by atoms with E-state index in [0.29, 0.717) is 5.92 Å². The summed E-state index contributed by atoms with van der Waals surface area (Å²) in [6.45, 7) is 4.42. The maximum atomic E-state index is 4.49. The zero-order chi connectivity index (χ0) is 9.42. The highest BCUT2D eigenvalue weighted by molar-refractivity contribution is 9.10. The third-order valence-electron chi connectivity index (χ3n) is 2.48. The minimum atomic E-state index is 0.545. The lowest BCUT2D eigenvalue weighted by Crippen LogP contribution is -1.98. The van der Waals surface area contributed by atoms with E-state index in [-0.39, 0.29) is 0 Å². The molecule has 1 heterocycles. The van der Waals surface area contributed by atoms with Gasteiger partial charge in [0, 0.05) is 16.4 Å². The van der Waals surface area contributed by atoms with E-state index in [1.807, 2.05) is 6.20 Å². The zero-order valence-corrected chi connectivity index (χ0v) is 9.63. The molecule has 0 amide bonds. The second kappa shape index (κ2) is 3.41. The van der Waals surface area contributed by atoms with Crippen molar-refractivity contribution >= 4 is 15.9 Å². The molecular formula is C11H14BrN. The fraction of sp³-hybridized carbons (Fsp3) is 0.545. The number of halogens is 1. The number of hydrogen-bond donors (Lipinski definition) is 0. The first-order valence-electron chi connectivity index (χ1n) is 4.84. The summed E-state index contributed by atoms with van der Waals surface area (Å²) < 4.78 is 1.11. The molecule has 1 aliphatic carbocycles. The molecule has 0 N–H and O–H groups in total. The van der Waals surface area contributed by atoms with Crippen molar-refractivity contribution in [1.82, 2.24) is 4.98 Å². The summed E-state index contributed by atoms with van der Waals surface area (Å²) in [6.07, 6.45) is 4.59. The van der Waals surface area contributed by atoms with Gasteiger partial charge in [-0.15, -0.1) is 0 Å². The van der Waals surface area contributed by atoms with Crippen molar-refractivity contribution in [3.05, 3.63) is 28.0 Å². The van der Waals surface area contributed by atoms with Crippen LogP contribution in [0, 0.1) is 0 Å². The summed E-state index contributed by atoms with van der Waals surface area (Å²) in [7, 11) is 0. The summed E-state index contributed by atoms with van der Waals surface area (Å²) in [6, 6.07) is 2.24. The minimum absolute atomic E-state index is 0.545. The Morgan fingerprint density at radius 1 is 1.46 bits per heavy atom. The summed E-state index contributed by atoms with van der Waals surface area (Å²) >= 11 is 3.48. The maximum Gasteiger partial charge on any atom is 0.0464 e. The summed E-state index contributed by atoms with van der Waals surface area (Å²) in [5.41, 5.74) is 2.75. The fourth-order valence-corrected chi connectivity index (χ4v) is 2.02. The second-order valence-corrected chi connectivity index (χ2v) is 4.97. The van der Waals surface area contributed by atoms with Gasteiger partial charge < -0.3 is 0 Å².